The van der Waals surface area contributed by atoms with Gasteiger partial charge >= 0.3 is 0 Å². The minimum atomic E-state index is -3.68. The third kappa shape index (κ3) is 5.25. The zero-order chi connectivity index (χ0) is 19.5. The van der Waals surface area contributed by atoms with Crippen LogP contribution in [-0.4, -0.2) is 19.9 Å². The lowest BCUT2D eigenvalue weighted by molar-refractivity contribution is -0.122. The van der Waals surface area contributed by atoms with E-state index in [9.17, 15) is 13.2 Å². The zero-order valence-corrected chi connectivity index (χ0v) is 17.4. The molecule has 2 aromatic carbocycles. The van der Waals surface area contributed by atoms with Crippen LogP contribution in [0.2, 0.25) is 0 Å². The van der Waals surface area contributed by atoms with Crippen molar-refractivity contribution in [3.05, 3.63) is 54.6 Å². The molecule has 0 heterocycles. The molecular weight excluding hydrogens is 398 g/mol. The topological polar surface area (TPSA) is 101 Å². The highest BCUT2D eigenvalue weighted by Crippen LogP contribution is 2.32. The summed E-state index contributed by atoms with van der Waals surface area (Å²) >= 11 is 0. The first-order chi connectivity index (χ1) is 12.8. The molecule has 0 aliphatic heterocycles. The van der Waals surface area contributed by atoms with Crippen molar-refractivity contribution < 1.29 is 13.2 Å². The summed E-state index contributed by atoms with van der Waals surface area (Å²) in [7, 11) is -3.68. The molecule has 0 spiro atoms. The van der Waals surface area contributed by atoms with Crippen LogP contribution in [0.5, 0.6) is 0 Å². The van der Waals surface area contributed by atoms with Crippen LogP contribution in [0.3, 0.4) is 0 Å². The lowest BCUT2D eigenvalue weighted by Crippen LogP contribution is -2.51. The summed E-state index contributed by atoms with van der Waals surface area (Å²) in [5.74, 6) is -0.355. The third-order valence-electron chi connectivity index (χ3n) is 5.03. The second-order valence-electron chi connectivity index (χ2n) is 7.29. The molecule has 1 fully saturated rings. The molecule has 3 rings (SSSR count). The Labute approximate surface area is 172 Å². The number of sulfonamides is 1. The number of nitrogens with one attached hydrogen (secondary N) is 2. The number of nitrogens with two attached hydrogens (primary N) is 1. The van der Waals surface area contributed by atoms with Gasteiger partial charge in [-0.3, -0.25) is 9.52 Å². The van der Waals surface area contributed by atoms with E-state index in [0.717, 1.165) is 25.7 Å². The molecular formula is C20H26ClN3O3S. The molecule has 0 saturated heterocycles. The lowest BCUT2D eigenvalue weighted by atomic mass is 9.74. The number of anilines is 2. The Hall–Kier alpha value is -2.09. The first-order valence-corrected chi connectivity index (χ1v) is 10.5. The van der Waals surface area contributed by atoms with Gasteiger partial charge in [-0.25, -0.2) is 8.42 Å². The van der Waals surface area contributed by atoms with Gasteiger partial charge in [-0.2, -0.15) is 0 Å². The molecule has 4 N–H and O–H groups in total. The van der Waals surface area contributed by atoms with Gasteiger partial charge in [0, 0.05) is 16.9 Å². The second-order valence-corrected chi connectivity index (χ2v) is 8.97. The maximum Gasteiger partial charge on any atom is 0.261 e. The summed E-state index contributed by atoms with van der Waals surface area (Å²) in [4.78, 5) is 12.7. The zero-order valence-electron chi connectivity index (χ0n) is 15.7. The van der Waals surface area contributed by atoms with Crippen LogP contribution in [0.4, 0.5) is 11.4 Å². The molecule has 2 aromatic rings. The monoisotopic (exact) mass is 423 g/mol. The quantitative estimate of drug-likeness (QED) is 0.681. The summed E-state index contributed by atoms with van der Waals surface area (Å²) in [6.45, 7) is 1.92. The molecule has 0 aromatic heterocycles. The van der Waals surface area contributed by atoms with Crippen molar-refractivity contribution in [3.63, 3.8) is 0 Å². The maximum absolute atomic E-state index is 12.6. The first-order valence-electron chi connectivity index (χ1n) is 9.06. The van der Waals surface area contributed by atoms with E-state index in [-0.39, 0.29) is 29.1 Å². The Bertz CT molecular complexity index is 900. The van der Waals surface area contributed by atoms with Gasteiger partial charge < -0.3 is 11.1 Å². The Morgan fingerprint density at radius 3 is 2.29 bits per heavy atom. The number of rotatable bonds is 5. The molecule has 28 heavy (non-hydrogen) atoms. The van der Waals surface area contributed by atoms with Crippen molar-refractivity contribution in [1.29, 1.82) is 0 Å². The molecule has 6 nitrogen and oxygen atoms in total. The van der Waals surface area contributed by atoms with E-state index >= 15 is 0 Å². The van der Waals surface area contributed by atoms with Gasteiger partial charge in [-0.15, -0.1) is 12.4 Å². The Balaban J connectivity index is 0.00000280. The standard InChI is InChI=1S/C20H25N3O3S.ClH/c1-20(21)14-6-5-9-18(20)19(24)22-15-10-12-17(13-11-15)27(25,26)23-16-7-3-2-4-8-16;/h2-4,7-8,10-13,18,23H,5-6,9,14,21H2,1H3,(H,22,24);1H. The van der Waals surface area contributed by atoms with E-state index in [1.807, 2.05) is 13.0 Å². The van der Waals surface area contributed by atoms with E-state index in [1.165, 1.54) is 12.1 Å². The SMILES string of the molecule is CC1(N)CCCCC1C(=O)Nc1ccc(S(=O)(=O)Nc2ccccc2)cc1.Cl. The summed E-state index contributed by atoms with van der Waals surface area (Å²) in [5.41, 5.74) is 6.82. The summed E-state index contributed by atoms with van der Waals surface area (Å²) in [5, 5.41) is 2.86. The highest BCUT2D eigenvalue weighted by molar-refractivity contribution is 7.92. The fraction of sp³-hybridized carbons (Fsp3) is 0.350. The van der Waals surface area contributed by atoms with Crippen molar-refractivity contribution in [2.75, 3.05) is 10.0 Å². The van der Waals surface area contributed by atoms with Crippen LogP contribution < -0.4 is 15.8 Å². The second kappa shape index (κ2) is 8.94. The minimum Gasteiger partial charge on any atom is -0.326 e. The molecule has 1 aliphatic carbocycles. The largest absolute Gasteiger partial charge is 0.326 e. The maximum atomic E-state index is 12.6. The number of amides is 1. The molecule has 0 radical (unpaired) electrons. The number of hydrogen-bond donors (Lipinski definition) is 3. The first kappa shape index (κ1) is 22.2. The highest BCUT2D eigenvalue weighted by Gasteiger charge is 2.37. The van der Waals surface area contributed by atoms with Crippen molar-refractivity contribution in [2.24, 2.45) is 11.7 Å². The number of benzene rings is 2. The van der Waals surface area contributed by atoms with E-state index in [4.69, 9.17) is 5.73 Å². The van der Waals surface area contributed by atoms with Gasteiger partial charge in [0.2, 0.25) is 5.91 Å². The molecule has 2 unspecified atom stereocenters. The Morgan fingerprint density at radius 2 is 1.68 bits per heavy atom. The van der Waals surface area contributed by atoms with Crippen LogP contribution in [-0.2, 0) is 14.8 Å². The third-order valence-corrected chi connectivity index (χ3v) is 6.43. The number of hydrogen-bond acceptors (Lipinski definition) is 4. The van der Waals surface area contributed by atoms with Gasteiger partial charge in [-0.05, 0) is 56.2 Å². The summed E-state index contributed by atoms with van der Waals surface area (Å²) in [6, 6.07) is 14.8. The molecule has 152 valence electrons. The summed E-state index contributed by atoms with van der Waals surface area (Å²) in [6.07, 6.45) is 3.63. The van der Waals surface area contributed by atoms with Crippen LogP contribution in [0.1, 0.15) is 32.6 Å². The molecule has 8 heteroatoms. The van der Waals surface area contributed by atoms with Gasteiger partial charge in [0.05, 0.1) is 10.8 Å². The smallest absolute Gasteiger partial charge is 0.261 e. The molecule has 1 saturated carbocycles. The number of halogens is 1. The Kier molecular flexibility index (Phi) is 7.09. The predicted molar refractivity (Wildman–Crippen MR) is 114 cm³/mol. The van der Waals surface area contributed by atoms with Crippen molar-refractivity contribution in [2.45, 2.75) is 43.0 Å². The van der Waals surface area contributed by atoms with E-state index in [0.29, 0.717) is 11.4 Å². The van der Waals surface area contributed by atoms with Gasteiger partial charge in [0.25, 0.3) is 10.0 Å². The predicted octanol–water partition coefficient (Wildman–Crippen LogP) is 3.76. The molecule has 2 atom stereocenters. The van der Waals surface area contributed by atoms with E-state index in [1.54, 1.807) is 36.4 Å². The van der Waals surface area contributed by atoms with Gasteiger partial charge in [-0.1, -0.05) is 31.0 Å². The average molecular weight is 424 g/mol. The fourth-order valence-corrected chi connectivity index (χ4v) is 4.51. The van der Waals surface area contributed by atoms with Crippen molar-refractivity contribution >= 4 is 39.7 Å². The Morgan fingerprint density at radius 1 is 1.04 bits per heavy atom. The van der Waals surface area contributed by atoms with Crippen LogP contribution >= 0.6 is 12.4 Å². The number of para-hydroxylation sites is 1. The van der Waals surface area contributed by atoms with E-state index < -0.39 is 15.6 Å². The molecule has 1 aliphatic rings. The summed E-state index contributed by atoms with van der Waals surface area (Å²) < 4.78 is 27.4. The van der Waals surface area contributed by atoms with Gasteiger partial charge in [0.15, 0.2) is 0 Å². The number of carbonyl (C=O) groups is 1. The van der Waals surface area contributed by atoms with Crippen LogP contribution in [0.15, 0.2) is 59.5 Å². The molecule has 0 bridgehead atoms. The fourth-order valence-electron chi connectivity index (χ4n) is 3.46. The lowest BCUT2D eigenvalue weighted by Gasteiger charge is -2.37. The normalized spacial score (nSPS) is 22.0. The average Bonchev–Trinajstić information content (AvgIpc) is 2.62. The minimum absolute atomic E-state index is 0. The van der Waals surface area contributed by atoms with Crippen LogP contribution in [0, 0.1) is 5.92 Å². The highest BCUT2D eigenvalue weighted by atomic mass is 35.5. The van der Waals surface area contributed by atoms with Crippen LogP contribution in [0.25, 0.3) is 0 Å². The van der Waals surface area contributed by atoms with Gasteiger partial charge in [0.1, 0.15) is 0 Å². The van der Waals surface area contributed by atoms with Crippen molar-refractivity contribution in [1.82, 2.24) is 0 Å². The van der Waals surface area contributed by atoms with E-state index in [2.05, 4.69) is 10.0 Å². The number of carbonyl (C=O) groups excluding carboxylic acids is 1. The molecule has 1 amide bonds. The van der Waals surface area contributed by atoms with Crippen molar-refractivity contribution in [3.8, 4) is 0 Å².